The highest BCUT2D eigenvalue weighted by Crippen LogP contribution is 2.29. The lowest BCUT2D eigenvalue weighted by Crippen LogP contribution is -2.33. The number of morpholine rings is 1. The van der Waals surface area contributed by atoms with E-state index >= 15 is 0 Å². The first-order valence-corrected chi connectivity index (χ1v) is 7.72. The molecule has 0 radical (unpaired) electrons. The third-order valence-electron chi connectivity index (χ3n) is 3.72. The molecule has 0 saturated carbocycles. The van der Waals surface area contributed by atoms with Crippen LogP contribution in [0.25, 0.3) is 11.1 Å². The Labute approximate surface area is 128 Å². The molecule has 1 heterocycles. The van der Waals surface area contributed by atoms with E-state index in [1.807, 2.05) is 0 Å². The molecule has 3 heteroatoms. The van der Waals surface area contributed by atoms with Crippen molar-refractivity contribution in [2.75, 3.05) is 19.7 Å². The highest BCUT2D eigenvalue weighted by Gasteiger charge is 2.16. The van der Waals surface area contributed by atoms with Gasteiger partial charge in [-0.2, -0.15) is 0 Å². The smallest absolute Gasteiger partial charge is 0.0950 e. The van der Waals surface area contributed by atoms with Crippen LogP contribution in [0.1, 0.15) is 17.2 Å². The summed E-state index contributed by atoms with van der Waals surface area (Å²) in [7, 11) is 0. The molecule has 1 atom stereocenters. The second-order valence-electron chi connectivity index (χ2n) is 5.14. The normalized spacial score (nSPS) is 19.0. The van der Waals surface area contributed by atoms with Gasteiger partial charge in [0.05, 0.1) is 12.7 Å². The summed E-state index contributed by atoms with van der Waals surface area (Å²) in [6.45, 7) is 4.78. The minimum Gasteiger partial charge on any atom is -0.371 e. The van der Waals surface area contributed by atoms with Gasteiger partial charge >= 0.3 is 0 Å². The summed E-state index contributed by atoms with van der Waals surface area (Å²) in [4.78, 5) is 0. The van der Waals surface area contributed by atoms with Crippen molar-refractivity contribution >= 4 is 15.9 Å². The van der Waals surface area contributed by atoms with Crippen molar-refractivity contribution in [2.24, 2.45) is 0 Å². The maximum atomic E-state index is 5.84. The molecule has 2 aromatic carbocycles. The van der Waals surface area contributed by atoms with Crippen LogP contribution in [0.4, 0.5) is 0 Å². The lowest BCUT2D eigenvalue weighted by Gasteiger charge is -2.24. The standard InChI is InChI=1S/C17H18BrNO/c1-12-2-3-14(17-11-19-8-9-20-17)10-16(12)13-4-6-15(18)7-5-13/h2-7,10,17,19H,8-9,11H2,1H3. The van der Waals surface area contributed by atoms with E-state index in [1.165, 1.54) is 22.3 Å². The van der Waals surface area contributed by atoms with Gasteiger partial charge in [-0.1, -0.05) is 40.2 Å². The summed E-state index contributed by atoms with van der Waals surface area (Å²) in [5.74, 6) is 0. The topological polar surface area (TPSA) is 21.3 Å². The molecule has 1 aliphatic heterocycles. The fourth-order valence-electron chi connectivity index (χ4n) is 2.56. The average molecular weight is 332 g/mol. The van der Waals surface area contributed by atoms with Crippen LogP contribution >= 0.6 is 15.9 Å². The van der Waals surface area contributed by atoms with Gasteiger partial charge in [0, 0.05) is 17.6 Å². The number of ether oxygens (including phenoxy) is 1. The van der Waals surface area contributed by atoms with Crippen molar-refractivity contribution in [3.63, 3.8) is 0 Å². The van der Waals surface area contributed by atoms with Crippen LogP contribution < -0.4 is 5.32 Å². The van der Waals surface area contributed by atoms with Crippen molar-refractivity contribution in [2.45, 2.75) is 13.0 Å². The highest BCUT2D eigenvalue weighted by molar-refractivity contribution is 9.10. The predicted octanol–water partition coefficient (Wildman–Crippen LogP) is 4.09. The SMILES string of the molecule is Cc1ccc(C2CNCCO2)cc1-c1ccc(Br)cc1. The largest absolute Gasteiger partial charge is 0.371 e. The molecule has 2 nitrogen and oxygen atoms in total. The van der Waals surface area contributed by atoms with E-state index in [2.05, 4.69) is 70.6 Å². The molecule has 0 aromatic heterocycles. The van der Waals surface area contributed by atoms with E-state index in [0.717, 1.165) is 24.2 Å². The quantitative estimate of drug-likeness (QED) is 0.895. The summed E-state index contributed by atoms with van der Waals surface area (Å²) >= 11 is 3.49. The predicted molar refractivity (Wildman–Crippen MR) is 85.9 cm³/mol. The van der Waals surface area contributed by atoms with E-state index in [1.54, 1.807) is 0 Å². The van der Waals surface area contributed by atoms with Crippen molar-refractivity contribution in [1.29, 1.82) is 0 Å². The first kappa shape index (κ1) is 13.8. The van der Waals surface area contributed by atoms with Crippen molar-refractivity contribution in [1.82, 2.24) is 5.32 Å². The van der Waals surface area contributed by atoms with Crippen LogP contribution in [0, 0.1) is 6.92 Å². The summed E-state index contributed by atoms with van der Waals surface area (Å²) in [5, 5.41) is 3.38. The average Bonchev–Trinajstić information content (AvgIpc) is 2.50. The molecule has 0 amide bonds. The third-order valence-corrected chi connectivity index (χ3v) is 4.24. The summed E-state index contributed by atoms with van der Waals surface area (Å²) in [6, 6.07) is 15.1. The third kappa shape index (κ3) is 2.95. The van der Waals surface area contributed by atoms with Crippen LogP contribution in [-0.2, 0) is 4.74 Å². The Morgan fingerprint density at radius 1 is 1.15 bits per heavy atom. The Morgan fingerprint density at radius 2 is 1.95 bits per heavy atom. The van der Waals surface area contributed by atoms with Crippen LogP contribution in [-0.4, -0.2) is 19.7 Å². The molecule has 0 bridgehead atoms. The van der Waals surface area contributed by atoms with Gasteiger partial charge in [0.1, 0.15) is 0 Å². The maximum Gasteiger partial charge on any atom is 0.0950 e. The molecular formula is C17H18BrNO. The molecule has 2 aromatic rings. The number of benzene rings is 2. The number of nitrogens with one attached hydrogen (secondary N) is 1. The van der Waals surface area contributed by atoms with Gasteiger partial charge in [-0.05, 0) is 47.4 Å². The molecule has 1 unspecified atom stereocenters. The van der Waals surface area contributed by atoms with Crippen molar-refractivity contribution < 1.29 is 4.74 Å². The molecule has 1 aliphatic rings. The van der Waals surface area contributed by atoms with Crippen LogP contribution in [0.2, 0.25) is 0 Å². The number of hydrogen-bond donors (Lipinski definition) is 1. The zero-order valence-corrected chi connectivity index (χ0v) is 13.1. The monoisotopic (exact) mass is 331 g/mol. The molecular weight excluding hydrogens is 314 g/mol. The van der Waals surface area contributed by atoms with Gasteiger partial charge in [0.15, 0.2) is 0 Å². The van der Waals surface area contributed by atoms with Crippen LogP contribution in [0.3, 0.4) is 0 Å². The second-order valence-corrected chi connectivity index (χ2v) is 6.06. The minimum absolute atomic E-state index is 0.165. The summed E-state index contributed by atoms with van der Waals surface area (Å²) < 4.78 is 6.95. The molecule has 104 valence electrons. The molecule has 0 spiro atoms. The van der Waals surface area contributed by atoms with Gasteiger partial charge in [-0.15, -0.1) is 0 Å². The van der Waals surface area contributed by atoms with E-state index in [-0.39, 0.29) is 6.10 Å². The molecule has 1 N–H and O–H groups in total. The number of halogens is 1. The lowest BCUT2D eigenvalue weighted by molar-refractivity contribution is 0.0277. The Bertz CT molecular complexity index is 588. The molecule has 1 fully saturated rings. The van der Waals surface area contributed by atoms with E-state index in [0.29, 0.717) is 0 Å². The zero-order chi connectivity index (χ0) is 13.9. The van der Waals surface area contributed by atoms with Gasteiger partial charge in [0.2, 0.25) is 0 Å². The molecule has 0 aliphatic carbocycles. The van der Waals surface area contributed by atoms with Gasteiger partial charge in [-0.3, -0.25) is 0 Å². The van der Waals surface area contributed by atoms with Crippen molar-refractivity contribution in [3.05, 3.63) is 58.1 Å². The Hall–Kier alpha value is -1.16. The minimum atomic E-state index is 0.165. The molecule has 20 heavy (non-hydrogen) atoms. The highest BCUT2D eigenvalue weighted by atomic mass is 79.9. The number of rotatable bonds is 2. The van der Waals surface area contributed by atoms with Gasteiger partial charge < -0.3 is 10.1 Å². The summed E-state index contributed by atoms with van der Waals surface area (Å²) in [5.41, 5.74) is 5.07. The molecule has 1 saturated heterocycles. The van der Waals surface area contributed by atoms with Crippen LogP contribution in [0.15, 0.2) is 46.9 Å². The fraction of sp³-hybridized carbons (Fsp3) is 0.294. The maximum absolute atomic E-state index is 5.84. The second kappa shape index (κ2) is 6.08. The van der Waals surface area contributed by atoms with E-state index in [9.17, 15) is 0 Å². The molecule has 3 rings (SSSR count). The van der Waals surface area contributed by atoms with Gasteiger partial charge in [0.25, 0.3) is 0 Å². The number of aryl methyl sites for hydroxylation is 1. The number of hydrogen-bond acceptors (Lipinski definition) is 2. The first-order chi connectivity index (χ1) is 9.74. The zero-order valence-electron chi connectivity index (χ0n) is 11.5. The first-order valence-electron chi connectivity index (χ1n) is 6.93. The van der Waals surface area contributed by atoms with Gasteiger partial charge in [-0.25, -0.2) is 0 Å². The fourth-order valence-corrected chi connectivity index (χ4v) is 2.82. The van der Waals surface area contributed by atoms with Crippen LogP contribution in [0.5, 0.6) is 0 Å². The Balaban J connectivity index is 1.95. The van der Waals surface area contributed by atoms with E-state index < -0.39 is 0 Å². The summed E-state index contributed by atoms with van der Waals surface area (Å²) in [6.07, 6.45) is 0.165. The Kier molecular flexibility index (Phi) is 4.20. The Morgan fingerprint density at radius 3 is 2.65 bits per heavy atom. The van der Waals surface area contributed by atoms with Crippen molar-refractivity contribution in [3.8, 4) is 11.1 Å². The lowest BCUT2D eigenvalue weighted by atomic mass is 9.96. The van der Waals surface area contributed by atoms with E-state index in [4.69, 9.17) is 4.74 Å².